The van der Waals surface area contributed by atoms with Crippen LogP contribution in [0.2, 0.25) is 0 Å². The van der Waals surface area contributed by atoms with Gasteiger partial charge in [0.05, 0.1) is 0 Å². The van der Waals surface area contributed by atoms with Crippen LogP contribution in [0.1, 0.15) is 80.7 Å². The summed E-state index contributed by atoms with van der Waals surface area (Å²) >= 11 is -0.355. The normalized spacial score (nSPS) is 14.9. The van der Waals surface area contributed by atoms with Crippen molar-refractivity contribution in [1.82, 2.24) is 9.80 Å². The van der Waals surface area contributed by atoms with E-state index in [1.54, 1.807) is 20.8 Å². The summed E-state index contributed by atoms with van der Waals surface area (Å²) in [5.41, 5.74) is -7.68. The van der Waals surface area contributed by atoms with Crippen molar-refractivity contribution in [2.24, 2.45) is 5.41 Å². The van der Waals surface area contributed by atoms with Crippen molar-refractivity contribution in [3.05, 3.63) is 29.8 Å². The van der Waals surface area contributed by atoms with E-state index in [1.165, 1.54) is 26.1 Å². The monoisotopic (exact) mass is 724 g/mol. The van der Waals surface area contributed by atoms with Crippen LogP contribution in [0.25, 0.3) is 0 Å². The number of thioether (sulfide) groups is 1. The van der Waals surface area contributed by atoms with E-state index in [0.717, 1.165) is 42.8 Å². The number of esters is 2. The number of ether oxygens (including phenoxy) is 3. The van der Waals surface area contributed by atoms with E-state index in [2.05, 4.69) is 0 Å². The highest BCUT2D eigenvalue weighted by Crippen LogP contribution is 2.37. The Morgan fingerprint density at radius 2 is 1.29 bits per heavy atom. The van der Waals surface area contributed by atoms with E-state index in [0.29, 0.717) is 0 Å². The Hall–Kier alpha value is -3.56. The predicted octanol–water partition coefficient (Wildman–Crippen LogP) is 6.41. The van der Waals surface area contributed by atoms with Crippen molar-refractivity contribution in [3.8, 4) is 0 Å². The highest BCUT2D eigenvalue weighted by molar-refractivity contribution is 8.00. The molecular weight excluding hydrogens is 676 g/mol. The van der Waals surface area contributed by atoms with E-state index in [4.69, 9.17) is 14.2 Å². The highest BCUT2D eigenvalue weighted by atomic mass is 32.2. The van der Waals surface area contributed by atoms with Crippen LogP contribution in [-0.2, 0) is 39.8 Å². The zero-order valence-electron chi connectivity index (χ0n) is 29.8. The minimum Gasteiger partial charge on any atom is -0.478 e. The Labute approximate surface area is 289 Å². The molecule has 1 aromatic carbocycles. The lowest BCUT2D eigenvalue weighted by Gasteiger charge is -2.34. The van der Waals surface area contributed by atoms with E-state index in [1.807, 2.05) is 20.8 Å². The fourth-order valence-corrected chi connectivity index (χ4v) is 4.98. The molecule has 0 aliphatic carbocycles. The van der Waals surface area contributed by atoms with Crippen molar-refractivity contribution in [1.29, 1.82) is 0 Å². The van der Waals surface area contributed by atoms with Gasteiger partial charge in [-0.05, 0) is 82.8 Å². The van der Waals surface area contributed by atoms with Gasteiger partial charge in [0.25, 0.3) is 5.91 Å². The van der Waals surface area contributed by atoms with E-state index >= 15 is 0 Å². The van der Waals surface area contributed by atoms with Crippen molar-refractivity contribution in [2.45, 2.75) is 128 Å². The zero-order valence-corrected chi connectivity index (χ0v) is 30.6. The molecule has 0 saturated carbocycles. The molecule has 0 unspecified atom stereocenters. The lowest BCUT2D eigenvalue weighted by molar-refractivity contribution is -0.173. The second-order valence-corrected chi connectivity index (χ2v) is 15.6. The van der Waals surface area contributed by atoms with Crippen molar-refractivity contribution in [3.63, 3.8) is 0 Å². The summed E-state index contributed by atoms with van der Waals surface area (Å²) < 4.78 is 68.9. The van der Waals surface area contributed by atoms with Crippen LogP contribution >= 0.6 is 11.8 Å². The smallest absolute Gasteiger partial charge is 0.446 e. The second kappa shape index (κ2) is 16.9. The van der Waals surface area contributed by atoms with Crippen molar-refractivity contribution < 1.29 is 60.9 Å². The largest absolute Gasteiger partial charge is 0.478 e. The Morgan fingerprint density at radius 3 is 1.71 bits per heavy atom. The van der Waals surface area contributed by atoms with Gasteiger partial charge >= 0.3 is 29.5 Å². The molecule has 278 valence electrons. The number of carboxylic acid groups (broad SMARTS) is 1. The molecule has 16 heteroatoms. The molecule has 11 nitrogen and oxygen atoms in total. The first-order chi connectivity index (χ1) is 22.0. The Morgan fingerprint density at radius 1 is 0.796 bits per heavy atom. The Bertz CT molecular complexity index is 1320. The molecule has 1 aromatic rings. The van der Waals surface area contributed by atoms with Crippen molar-refractivity contribution >= 4 is 41.7 Å². The SMILES string of the molecule is C[C@@H](OC(=O)[C@H](CC(C)(C)C)N(C)C(=O)OC(C)(C)C)C(=O)N(C)[C@@H](CC(C)(C)F)C(=O)O[C@H](Cc1ccc(SC(F)(F)F)cc1)C(=O)O. The third kappa shape index (κ3) is 16.1. The number of hydrogen-bond acceptors (Lipinski definition) is 9. The van der Waals surface area contributed by atoms with Gasteiger partial charge in [-0.25, -0.2) is 23.6 Å². The van der Waals surface area contributed by atoms with Crippen LogP contribution in [0, 0.1) is 5.41 Å². The summed E-state index contributed by atoms with van der Waals surface area (Å²) in [4.78, 5) is 66.7. The number of carbonyl (C=O) groups is 5. The molecule has 0 radical (unpaired) electrons. The summed E-state index contributed by atoms with van der Waals surface area (Å²) in [6.07, 6.45) is -5.10. The second-order valence-electron chi connectivity index (χ2n) is 14.5. The molecule has 1 N–H and O–H groups in total. The predicted molar refractivity (Wildman–Crippen MR) is 173 cm³/mol. The van der Waals surface area contributed by atoms with E-state index < -0.39 is 89.2 Å². The summed E-state index contributed by atoms with van der Waals surface area (Å²) in [6.45, 7) is 14.0. The minimum atomic E-state index is -4.52. The van der Waals surface area contributed by atoms with Crippen LogP contribution in [-0.4, -0.2) is 100.0 Å². The number of aliphatic carboxylic acids is 1. The number of alkyl halides is 4. The summed E-state index contributed by atoms with van der Waals surface area (Å²) in [5, 5.41) is 9.74. The fourth-order valence-electron chi connectivity index (χ4n) is 4.44. The first-order valence-electron chi connectivity index (χ1n) is 15.4. The lowest BCUT2D eigenvalue weighted by Crippen LogP contribution is -2.52. The number of hydrogen-bond donors (Lipinski definition) is 1. The van der Waals surface area contributed by atoms with Gasteiger partial charge in [-0.2, -0.15) is 13.2 Å². The molecule has 0 aliphatic heterocycles. The molecule has 49 heavy (non-hydrogen) atoms. The molecule has 0 heterocycles. The Kier molecular flexibility index (Phi) is 15.0. The number of amides is 2. The molecule has 0 saturated heterocycles. The van der Waals surface area contributed by atoms with Crippen LogP contribution in [0.15, 0.2) is 29.2 Å². The Balaban J connectivity index is 3.21. The van der Waals surface area contributed by atoms with Crippen LogP contribution in [0.4, 0.5) is 22.4 Å². The number of nitrogens with zero attached hydrogens (tertiary/aromatic N) is 2. The molecular formula is C33H48F4N2O9S. The van der Waals surface area contributed by atoms with Crippen LogP contribution in [0.5, 0.6) is 0 Å². The van der Waals surface area contributed by atoms with E-state index in [-0.39, 0.29) is 28.6 Å². The molecule has 2 amide bonds. The first kappa shape index (κ1) is 43.5. The third-order valence-corrected chi connectivity index (χ3v) is 7.48. The average Bonchev–Trinajstić information content (AvgIpc) is 2.91. The fraction of sp³-hybridized carbons (Fsp3) is 0.667. The molecule has 1 rings (SSSR count). The van der Waals surface area contributed by atoms with Gasteiger partial charge in [-0.3, -0.25) is 9.69 Å². The highest BCUT2D eigenvalue weighted by Gasteiger charge is 2.40. The van der Waals surface area contributed by atoms with Gasteiger partial charge in [0.2, 0.25) is 6.10 Å². The molecule has 0 fully saturated rings. The third-order valence-electron chi connectivity index (χ3n) is 6.75. The molecule has 4 atom stereocenters. The lowest BCUT2D eigenvalue weighted by atomic mass is 9.87. The standard InChI is InChI=1S/C33H48F4N2O9S/c1-19(46-27(43)22(17-30(2,3)4)39(11)29(45)48-31(5,6)7)25(40)38(10)23(18-32(8,9)34)28(44)47-24(26(41)42)16-20-12-14-21(15-13-20)49-33(35,36)37/h12-15,19,22-24H,16-18H2,1-11H3,(H,41,42)/t19-,22+,23+,24-/m1/s1. The molecule has 0 bridgehead atoms. The maximum Gasteiger partial charge on any atom is 0.446 e. The number of carboxylic acids is 1. The maximum absolute atomic E-state index is 14.9. The van der Waals surface area contributed by atoms with Gasteiger partial charge in [0.1, 0.15) is 23.4 Å². The van der Waals surface area contributed by atoms with Gasteiger partial charge in [0.15, 0.2) is 6.10 Å². The minimum absolute atomic E-state index is 0.129. The van der Waals surface area contributed by atoms with Gasteiger partial charge < -0.3 is 24.2 Å². The quantitative estimate of drug-likeness (QED) is 0.0992. The summed E-state index contributed by atoms with van der Waals surface area (Å²) in [5.74, 6) is -4.74. The van der Waals surface area contributed by atoms with E-state index in [9.17, 15) is 46.6 Å². The number of rotatable bonds is 14. The topological polar surface area (TPSA) is 140 Å². The average molecular weight is 725 g/mol. The maximum atomic E-state index is 14.9. The number of benzene rings is 1. The van der Waals surface area contributed by atoms with Crippen molar-refractivity contribution in [2.75, 3.05) is 14.1 Å². The summed E-state index contributed by atoms with van der Waals surface area (Å²) in [6, 6.07) is 1.93. The van der Waals surface area contributed by atoms with Gasteiger partial charge in [-0.1, -0.05) is 32.9 Å². The van der Waals surface area contributed by atoms with Crippen LogP contribution < -0.4 is 0 Å². The van der Waals surface area contributed by atoms with Crippen LogP contribution in [0.3, 0.4) is 0 Å². The number of carbonyl (C=O) groups excluding carboxylic acids is 4. The first-order valence-corrected chi connectivity index (χ1v) is 16.2. The number of halogens is 4. The molecule has 0 aromatic heterocycles. The summed E-state index contributed by atoms with van der Waals surface area (Å²) in [7, 11) is 2.49. The number of likely N-dealkylation sites (N-methyl/N-ethyl adjacent to an activating group) is 2. The zero-order chi connectivity index (χ0) is 38.3. The van der Waals surface area contributed by atoms with Gasteiger partial charge in [0, 0.05) is 31.8 Å². The molecule has 0 spiro atoms. The molecule has 0 aliphatic rings. The van der Waals surface area contributed by atoms with Gasteiger partial charge in [-0.15, -0.1) is 0 Å².